The number of carbonyl (C=O) groups is 1. The first-order valence-electron chi connectivity index (χ1n) is 12.8. The summed E-state index contributed by atoms with van der Waals surface area (Å²) in [5.41, 5.74) is 1.11. The van der Waals surface area contributed by atoms with Gasteiger partial charge in [0.15, 0.2) is 0 Å². The molecule has 202 valence electrons. The first-order chi connectivity index (χ1) is 18.4. The Bertz CT molecular complexity index is 1310. The molecule has 8 nitrogen and oxygen atoms in total. The third-order valence-corrected chi connectivity index (χ3v) is 8.20. The molecule has 0 saturated carbocycles. The molecule has 1 aliphatic rings. The third kappa shape index (κ3) is 6.85. The molecule has 1 saturated heterocycles. The minimum Gasteiger partial charge on any atom is -0.494 e. The molecule has 1 aliphatic heterocycles. The normalized spacial score (nSPS) is 15.4. The van der Waals surface area contributed by atoms with E-state index in [9.17, 15) is 13.2 Å². The van der Waals surface area contributed by atoms with Crippen molar-refractivity contribution in [2.24, 2.45) is 0 Å². The number of carboxylic acid groups (broad SMARTS) is 1. The van der Waals surface area contributed by atoms with Crippen molar-refractivity contribution < 1.29 is 32.5 Å². The van der Waals surface area contributed by atoms with Crippen molar-refractivity contribution in [2.75, 3.05) is 19.8 Å². The van der Waals surface area contributed by atoms with Crippen molar-refractivity contribution in [1.29, 1.82) is 0 Å². The zero-order valence-corrected chi connectivity index (χ0v) is 22.2. The molecule has 0 spiro atoms. The summed E-state index contributed by atoms with van der Waals surface area (Å²) in [5.74, 6) is 1.87. The number of aryl methyl sites for hydroxylation is 1. The zero-order chi connectivity index (χ0) is 27.0. The lowest BCUT2D eigenvalue weighted by atomic mass is 10.1. The van der Waals surface area contributed by atoms with Crippen molar-refractivity contribution in [1.82, 2.24) is 4.31 Å². The lowest BCUT2D eigenvalue weighted by Crippen LogP contribution is -2.54. The van der Waals surface area contributed by atoms with E-state index in [0.717, 1.165) is 52.8 Å². The monoisotopic (exact) mass is 539 g/mol. The summed E-state index contributed by atoms with van der Waals surface area (Å²) in [4.78, 5) is 11.2. The van der Waals surface area contributed by atoms with Crippen molar-refractivity contribution in [2.45, 2.75) is 50.0 Å². The van der Waals surface area contributed by atoms with Crippen molar-refractivity contribution in [3.05, 3.63) is 78.4 Å². The second kappa shape index (κ2) is 12.8. The molecule has 0 aliphatic carbocycles. The number of unbranched alkanes of at least 4 members (excludes halogenated alkanes) is 1. The van der Waals surface area contributed by atoms with Gasteiger partial charge in [-0.3, -0.25) is 4.79 Å². The molecule has 1 fully saturated rings. The number of hydrogen-bond acceptors (Lipinski definition) is 6. The van der Waals surface area contributed by atoms with Crippen LogP contribution in [0.3, 0.4) is 0 Å². The van der Waals surface area contributed by atoms with E-state index in [1.165, 1.54) is 12.1 Å². The molecule has 3 aromatic carbocycles. The van der Waals surface area contributed by atoms with Gasteiger partial charge in [0.2, 0.25) is 10.0 Å². The van der Waals surface area contributed by atoms with Crippen LogP contribution in [0.1, 0.15) is 38.2 Å². The first-order valence-corrected chi connectivity index (χ1v) is 14.3. The maximum absolute atomic E-state index is 12.7. The predicted molar refractivity (Wildman–Crippen MR) is 144 cm³/mol. The van der Waals surface area contributed by atoms with Gasteiger partial charge in [-0.2, -0.15) is 4.31 Å². The lowest BCUT2D eigenvalue weighted by molar-refractivity contribution is -0.144. The number of aliphatic carboxylic acids is 1. The number of para-hydroxylation sites is 1. The van der Waals surface area contributed by atoms with Gasteiger partial charge in [-0.15, -0.1) is 0 Å². The number of sulfonamides is 1. The van der Waals surface area contributed by atoms with Gasteiger partial charge < -0.3 is 19.3 Å². The van der Waals surface area contributed by atoms with Crippen molar-refractivity contribution >= 4 is 16.0 Å². The molecule has 9 heteroatoms. The van der Waals surface area contributed by atoms with Crippen LogP contribution in [0.2, 0.25) is 0 Å². The highest BCUT2D eigenvalue weighted by Gasteiger charge is 2.42. The number of nitrogens with zero attached hydrogens (tertiary/aromatic N) is 1. The first kappa shape index (κ1) is 27.5. The van der Waals surface area contributed by atoms with Crippen LogP contribution in [0.4, 0.5) is 0 Å². The molecule has 0 amide bonds. The number of ether oxygens (including phenoxy) is 3. The third-order valence-electron chi connectivity index (χ3n) is 6.28. The van der Waals surface area contributed by atoms with Crippen LogP contribution in [0.15, 0.2) is 77.7 Å². The smallest absolute Gasteiger partial charge is 0.322 e. The van der Waals surface area contributed by atoms with Gasteiger partial charge in [0.05, 0.1) is 18.1 Å². The number of benzene rings is 3. The molecule has 38 heavy (non-hydrogen) atoms. The van der Waals surface area contributed by atoms with Gasteiger partial charge in [-0.1, -0.05) is 31.5 Å². The summed E-state index contributed by atoms with van der Waals surface area (Å²) < 4.78 is 44.1. The van der Waals surface area contributed by atoms with Crippen LogP contribution in [0.5, 0.6) is 23.0 Å². The van der Waals surface area contributed by atoms with Gasteiger partial charge in [-0.05, 0) is 85.8 Å². The van der Waals surface area contributed by atoms with Crippen LogP contribution in [0, 0.1) is 0 Å². The Labute approximate surface area is 223 Å². The summed E-state index contributed by atoms with van der Waals surface area (Å²) in [6.07, 6.45) is 3.79. The van der Waals surface area contributed by atoms with Crippen LogP contribution in [-0.2, 0) is 21.2 Å². The molecule has 1 N–H and O–H groups in total. The van der Waals surface area contributed by atoms with E-state index in [0.29, 0.717) is 25.4 Å². The van der Waals surface area contributed by atoms with Crippen LogP contribution in [-0.4, -0.2) is 49.6 Å². The highest BCUT2D eigenvalue weighted by Crippen LogP contribution is 2.30. The lowest BCUT2D eigenvalue weighted by Gasteiger charge is -2.36. The summed E-state index contributed by atoms with van der Waals surface area (Å²) in [6, 6.07) is 20.7. The Morgan fingerprint density at radius 2 is 1.61 bits per heavy atom. The molecule has 0 bridgehead atoms. The topological polar surface area (TPSA) is 102 Å². The maximum atomic E-state index is 12.7. The molecule has 1 unspecified atom stereocenters. The molecule has 0 radical (unpaired) electrons. The molecule has 4 rings (SSSR count). The second-order valence-corrected chi connectivity index (χ2v) is 11.0. The van der Waals surface area contributed by atoms with E-state index in [2.05, 4.69) is 6.92 Å². The zero-order valence-electron chi connectivity index (χ0n) is 21.4. The highest BCUT2D eigenvalue weighted by molar-refractivity contribution is 7.89. The van der Waals surface area contributed by atoms with Gasteiger partial charge >= 0.3 is 5.97 Å². The molecule has 0 aromatic heterocycles. The van der Waals surface area contributed by atoms with E-state index in [-0.39, 0.29) is 11.4 Å². The Kier molecular flexibility index (Phi) is 9.25. The maximum Gasteiger partial charge on any atom is 0.322 e. The molecular weight excluding hydrogens is 506 g/mol. The summed E-state index contributed by atoms with van der Waals surface area (Å²) in [6.45, 7) is 3.36. The average molecular weight is 540 g/mol. The largest absolute Gasteiger partial charge is 0.494 e. The minimum absolute atomic E-state index is 0.0623. The standard InChI is InChI=1S/C29H33NO7S/c1-2-8-22-21-25(37-24-9-4-3-5-10-24)13-16-28(22)36-20-7-6-19-35-23-11-14-26(15-12-23)38(33,34)30-18-17-27(30)29(31)32/h3-5,9-16,21,27H,2,6-8,17-20H2,1H3,(H,31,32). The number of hydrogen-bond donors (Lipinski definition) is 1. The summed E-state index contributed by atoms with van der Waals surface area (Å²) in [7, 11) is -3.83. The van der Waals surface area contributed by atoms with E-state index < -0.39 is 22.0 Å². The SMILES string of the molecule is CCCc1cc(Oc2ccccc2)ccc1OCCCCOc1ccc(S(=O)(=O)N2CCC2C(=O)O)cc1. The van der Waals surface area contributed by atoms with E-state index in [1.54, 1.807) is 12.1 Å². The fourth-order valence-electron chi connectivity index (χ4n) is 4.17. The van der Waals surface area contributed by atoms with Gasteiger partial charge in [0.25, 0.3) is 0 Å². The average Bonchev–Trinajstić information content (AvgIpc) is 2.87. The highest BCUT2D eigenvalue weighted by atomic mass is 32.2. The molecule has 1 atom stereocenters. The predicted octanol–water partition coefficient (Wildman–Crippen LogP) is 5.52. The van der Waals surface area contributed by atoms with E-state index in [1.807, 2.05) is 48.5 Å². The van der Waals surface area contributed by atoms with Crippen LogP contribution < -0.4 is 14.2 Å². The van der Waals surface area contributed by atoms with Crippen molar-refractivity contribution in [3.8, 4) is 23.0 Å². The molecule has 1 heterocycles. The Balaban J connectivity index is 1.21. The Hall–Kier alpha value is -3.56. The van der Waals surface area contributed by atoms with Crippen LogP contribution in [0.25, 0.3) is 0 Å². The summed E-state index contributed by atoms with van der Waals surface area (Å²) >= 11 is 0. The second-order valence-electron chi connectivity index (χ2n) is 9.07. The fraction of sp³-hybridized carbons (Fsp3) is 0.345. The van der Waals surface area contributed by atoms with E-state index in [4.69, 9.17) is 19.3 Å². The summed E-state index contributed by atoms with van der Waals surface area (Å²) in [5, 5.41) is 9.14. The van der Waals surface area contributed by atoms with Gasteiger partial charge in [-0.25, -0.2) is 8.42 Å². The van der Waals surface area contributed by atoms with Crippen LogP contribution >= 0.6 is 0 Å². The minimum atomic E-state index is -3.83. The van der Waals surface area contributed by atoms with Gasteiger partial charge in [0, 0.05) is 6.54 Å². The molecular formula is C29H33NO7S. The number of rotatable bonds is 14. The fourth-order valence-corrected chi connectivity index (χ4v) is 5.79. The number of carboxylic acids is 1. The molecule has 3 aromatic rings. The van der Waals surface area contributed by atoms with E-state index >= 15 is 0 Å². The quantitative estimate of drug-likeness (QED) is 0.269. The van der Waals surface area contributed by atoms with Gasteiger partial charge in [0.1, 0.15) is 29.0 Å². The van der Waals surface area contributed by atoms with Crippen molar-refractivity contribution in [3.63, 3.8) is 0 Å². The Morgan fingerprint density at radius 1 is 0.921 bits per heavy atom. The Morgan fingerprint density at radius 3 is 2.24 bits per heavy atom.